The lowest BCUT2D eigenvalue weighted by Gasteiger charge is -2.21. The first-order valence-electron chi connectivity index (χ1n) is 7.54. The normalized spacial score (nSPS) is 18.3. The number of benzene rings is 1. The molecule has 0 unspecified atom stereocenters. The zero-order valence-electron chi connectivity index (χ0n) is 12.7. The van der Waals surface area contributed by atoms with Crippen LogP contribution in [0.25, 0.3) is 0 Å². The van der Waals surface area contributed by atoms with Gasteiger partial charge in [0.25, 0.3) is 5.22 Å². The molecule has 1 aromatic heterocycles. The van der Waals surface area contributed by atoms with E-state index in [0.717, 1.165) is 30.1 Å². The van der Waals surface area contributed by atoms with E-state index in [1.165, 1.54) is 12.8 Å². The van der Waals surface area contributed by atoms with E-state index in [4.69, 9.17) is 13.9 Å². The van der Waals surface area contributed by atoms with Gasteiger partial charge in [-0.15, -0.1) is 10.2 Å². The third kappa shape index (κ3) is 4.01. The third-order valence-electron chi connectivity index (χ3n) is 3.65. The molecule has 0 bridgehead atoms. The molecule has 2 aromatic rings. The molecule has 22 heavy (non-hydrogen) atoms. The predicted molar refractivity (Wildman–Crippen MR) is 84.4 cm³/mol. The summed E-state index contributed by atoms with van der Waals surface area (Å²) >= 11 is 1.57. The number of thioether (sulfide) groups is 1. The fraction of sp³-hybridized carbons (Fsp3) is 0.500. The Kier molecular flexibility index (Phi) is 5.34. The van der Waals surface area contributed by atoms with Gasteiger partial charge in [0.2, 0.25) is 5.89 Å². The molecule has 1 aromatic carbocycles. The number of rotatable bonds is 6. The largest absolute Gasteiger partial charge is 0.496 e. The number of nitrogens with zero attached hydrogens (tertiary/aromatic N) is 2. The van der Waals surface area contributed by atoms with E-state index >= 15 is 0 Å². The Hall–Kier alpha value is -1.53. The van der Waals surface area contributed by atoms with E-state index in [1.807, 2.05) is 24.3 Å². The van der Waals surface area contributed by atoms with E-state index < -0.39 is 0 Å². The minimum atomic E-state index is 0.309. The minimum absolute atomic E-state index is 0.309. The first-order valence-corrected chi connectivity index (χ1v) is 8.52. The molecule has 0 spiro atoms. The van der Waals surface area contributed by atoms with Crippen molar-refractivity contribution in [3.05, 3.63) is 35.7 Å². The summed E-state index contributed by atoms with van der Waals surface area (Å²) in [6.07, 6.45) is 4.43. The number of methoxy groups -OCH3 is 1. The van der Waals surface area contributed by atoms with Crippen molar-refractivity contribution in [2.75, 3.05) is 19.5 Å². The lowest BCUT2D eigenvalue weighted by atomic mass is 10.1. The zero-order valence-corrected chi connectivity index (χ0v) is 13.5. The van der Waals surface area contributed by atoms with Gasteiger partial charge in [0, 0.05) is 17.9 Å². The van der Waals surface area contributed by atoms with Crippen molar-refractivity contribution in [1.29, 1.82) is 0 Å². The van der Waals surface area contributed by atoms with Crippen LogP contribution in [-0.4, -0.2) is 35.8 Å². The molecule has 118 valence electrons. The molecular weight excluding hydrogens is 300 g/mol. The van der Waals surface area contributed by atoms with Gasteiger partial charge in [-0.3, -0.25) is 0 Å². The molecule has 0 aliphatic carbocycles. The molecule has 5 nitrogen and oxygen atoms in total. The van der Waals surface area contributed by atoms with Gasteiger partial charge in [-0.1, -0.05) is 30.0 Å². The van der Waals surface area contributed by atoms with Gasteiger partial charge in [-0.2, -0.15) is 0 Å². The highest BCUT2D eigenvalue weighted by Gasteiger charge is 2.16. The lowest BCUT2D eigenvalue weighted by molar-refractivity contribution is 0.0314. The van der Waals surface area contributed by atoms with E-state index in [9.17, 15) is 0 Å². The van der Waals surface area contributed by atoms with Gasteiger partial charge < -0.3 is 13.9 Å². The first kappa shape index (κ1) is 15.4. The Morgan fingerprint density at radius 2 is 2.18 bits per heavy atom. The van der Waals surface area contributed by atoms with Crippen LogP contribution in [0.2, 0.25) is 0 Å². The maximum atomic E-state index is 5.71. The summed E-state index contributed by atoms with van der Waals surface area (Å²) in [4.78, 5) is 0. The van der Waals surface area contributed by atoms with Crippen molar-refractivity contribution in [2.45, 2.75) is 37.0 Å². The van der Waals surface area contributed by atoms with Crippen molar-refractivity contribution in [2.24, 2.45) is 0 Å². The first-order chi connectivity index (χ1) is 10.8. The van der Waals surface area contributed by atoms with Gasteiger partial charge in [0.1, 0.15) is 5.75 Å². The molecular formula is C16H20N2O3S. The molecule has 1 fully saturated rings. The second-order valence-electron chi connectivity index (χ2n) is 5.25. The molecule has 0 saturated carbocycles. The molecule has 2 heterocycles. The van der Waals surface area contributed by atoms with E-state index in [1.54, 1.807) is 18.9 Å². The predicted octanol–water partition coefficient (Wildman–Crippen LogP) is 3.33. The van der Waals surface area contributed by atoms with Crippen LogP contribution in [0.5, 0.6) is 5.75 Å². The molecule has 1 aliphatic heterocycles. The molecule has 3 rings (SSSR count). The second kappa shape index (κ2) is 7.65. The van der Waals surface area contributed by atoms with Crippen molar-refractivity contribution < 1.29 is 13.9 Å². The number of hydrogen-bond acceptors (Lipinski definition) is 6. The maximum absolute atomic E-state index is 5.71. The van der Waals surface area contributed by atoms with E-state index in [2.05, 4.69) is 10.2 Å². The minimum Gasteiger partial charge on any atom is -0.496 e. The smallest absolute Gasteiger partial charge is 0.276 e. The Morgan fingerprint density at radius 1 is 1.27 bits per heavy atom. The van der Waals surface area contributed by atoms with Crippen molar-refractivity contribution in [3.63, 3.8) is 0 Å². The summed E-state index contributed by atoms with van der Waals surface area (Å²) in [7, 11) is 1.66. The van der Waals surface area contributed by atoms with Crippen LogP contribution < -0.4 is 4.74 Å². The standard InChI is InChI=1S/C16H20N2O3S/c1-19-14-8-3-2-6-12(14)10-15-17-18-16(21-15)22-11-13-7-4-5-9-20-13/h2-3,6,8,13H,4-5,7,9-11H2,1H3/t13-/m1/s1. The van der Waals surface area contributed by atoms with Crippen LogP contribution in [0.3, 0.4) is 0 Å². The highest BCUT2D eigenvalue weighted by molar-refractivity contribution is 7.99. The van der Waals surface area contributed by atoms with Crippen LogP contribution in [0.4, 0.5) is 0 Å². The van der Waals surface area contributed by atoms with Crippen LogP contribution in [0, 0.1) is 0 Å². The van der Waals surface area contributed by atoms with Gasteiger partial charge in [-0.05, 0) is 25.3 Å². The van der Waals surface area contributed by atoms with Gasteiger partial charge in [-0.25, -0.2) is 0 Å². The maximum Gasteiger partial charge on any atom is 0.276 e. The monoisotopic (exact) mass is 320 g/mol. The summed E-state index contributed by atoms with van der Waals surface area (Å²) < 4.78 is 16.8. The fourth-order valence-corrected chi connectivity index (χ4v) is 3.33. The topological polar surface area (TPSA) is 57.4 Å². The number of para-hydroxylation sites is 1. The summed E-state index contributed by atoms with van der Waals surface area (Å²) in [5.41, 5.74) is 1.04. The summed E-state index contributed by atoms with van der Waals surface area (Å²) in [5.74, 6) is 2.32. The van der Waals surface area contributed by atoms with Crippen LogP contribution in [0.15, 0.2) is 33.9 Å². The zero-order chi connectivity index (χ0) is 15.2. The van der Waals surface area contributed by atoms with E-state index in [-0.39, 0.29) is 0 Å². The SMILES string of the molecule is COc1ccccc1Cc1nnc(SC[C@H]2CCCCO2)o1. The van der Waals surface area contributed by atoms with Crippen molar-refractivity contribution in [1.82, 2.24) is 10.2 Å². The molecule has 1 atom stereocenters. The molecule has 1 aliphatic rings. The highest BCUT2D eigenvalue weighted by Crippen LogP contribution is 2.25. The van der Waals surface area contributed by atoms with Gasteiger partial charge in [0.05, 0.1) is 19.6 Å². The summed E-state index contributed by atoms with van der Waals surface area (Å²) in [6, 6.07) is 7.86. The lowest BCUT2D eigenvalue weighted by Crippen LogP contribution is -2.21. The second-order valence-corrected chi connectivity index (χ2v) is 6.22. The average Bonchev–Trinajstić information content (AvgIpc) is 3.02. The molecule has 6 heteroatoms. The van der Waals surface area contributed by atoms with Gasteiger partial charge >= 0.3 is 0 Å². The number of aromatic nitrogens is 2. The van der Waals surface area contributed by atoms with Crippen molar-refractivity contribution in [3.8, 4) is 5.75 Å². The highest BCUT2D eigenvalue weighted by atomic mass is 32.2. The molecule has 0 N–H and O–H groups in total. The molecule has 0 radical (unpaired) electrons. The molecule has 0 amide bonds. The summed E-state index contributed by atoms with van der Waals surface area (Å²) in [5, 5.41) is 8.83. The summed E-state index contributed by atoms with van der Waals surface area (Å²) in [6.45, 7) is 0.869. The quantitative estimate of drug-likeness (QED) is 0.761. The van der Waals surface area contributed by atoms with E-state index in [0.29, 0.717) is 23.6 Å². The number of ether oxygens (including phenoxy) is 2. The van der Waals surface area contributed by atoms with Crippen molar-refractivity contribution >= 4 is 11.8 Å². The van der Waals surface area contributed by atoms with Crippen LogP contribution >= 0.6 is 11.8 Å². The molecule has 1 saturated heterocycles. The Bertz CT molecular complexity index is 597. The fourth-order valence-electron chi connectivity index (χ4n) is 2.48. The third-order valence-corrected chi connectivity index (χ3v) is 4.60. The van der Waals surface area contributed by atoms with Crippen LogP contribution in [-0.2, 0) is 11.2 Å². The average molecular weight is 320 g/mol. The Balaban J connectivity index is 1.56. The number of hydrogen-bond donors (Lipinski definition) is 0. The Morgan fingerprint density at radius 3 is 3.00 bits per heavy atom. The Labute approximate surface area is 134 Å². The van der Waals surface area contributed by atoms with Crippen LogP contribution in [0.1, 0.15) is 30.7 Å². The van der Waals surface area contributed by atoms with Gasteiger partial charge in [0.15, 0.2) is 0 Å².